The number of hydrogen-bond donors (Lipinski definition) is 3. The average molecular weight is 482 g/mol. The second kappa shape index (κ2) is 16.4. The van der Waals surface area contributed by atoms with Crippen LogP contribution < -0.4 is 51.4 Å². The van der Waals surface area contributed by atoms with Gasteiger partial charge < -0.3 is 56.7 Å². The Labute approximate surface area is 131 Å². The van der Waals surface area contributed by atoms with Crippen LogP contribution in [0.25, 0.3) is 0 Å². The van der Waals surface area contributed by atoms with Crippen LogP contribution in [0.5, 0.6) is 11.5 Å². The molecule has 8 nitrogen and oxygen atoms in total. The first-order valence-corrected chi connectivity index (χ1v) is 3.33. The zero-order valence-corrected chi connectivity index (χ0v) is 12.7. The Morgan fingerprint density at radius 1 is 1.11 bits per heavy atom. The second-order valence-electron chi connectivity index (χ2n) is 2.05. The van der Waals surface area contributed by atoms with Gasteiger partial charge in [0.25, 0.3) is 0 Å². The van der Waals surface area contributed by atoms with Crippen LogP contribution in [0.1, 0.15) is 0 Å². The summed E-state index contributed by atoms with van der Waals surface area (Å²) < 4.78 is 9.46. The molecule has 1 aromatic carbocycles. The number of hydrogen-bond acceptors (Lipinski definition) is 7. The molecule has 0 atom stereocenters. The molecule has 0 aromatic heterocycles. The van der Waals surface area contributed by atoms with Crippen LogP contribution in [-0.4, -0.2) is 12.5 Å². The molecule has 0 amide bonds. The monoisotopic (exact) mass is 481 g/mol. The first-order chi connectivity index (χ1) is 6.27. The average Bonchev–Trinajstić information content (AvgIpc) is 2.45. The Balaban J connectivity index is -0.0000000654. The van der Waals surface area contributed by atoms with E-state index >= 15 is 0 Å². The molecule has 1 heterocycles. The molecule has 12 heteroatoms. The quantitative estimate of drug-likeness (QED) is 0.189. The molecule has 2 rings (SSSR count). The summed E-state index contributed by atoms with van der Waals surface area (Å²) in [5, 5.41) is 18.4. The maximum Gasteiger partial charge on any atom is 4.00 e. The van der Waals surface area contributed by atoms with E-state index in [4.69, 9.17) is 19.4 Å². The standard InChI is InChI=1S/C6H4BO3.2ClH.HNO2.2H3N.Pt/c8-7-9-5-3-1-2-4-6(5)10-7;;;2-1-3;;;/h1-4H;2*1H;(H,2,3);2*1H3;/q-1;;;;;;+4/p-2. The summed E-state index contributed by atoms with van der Waals surface area (Å²) in [5.74, 6) is 1.06. The normalized spacial score (nSPS) is 8.39. The van der Waals surface area contributed by atoms with E-state index in [0.717, 1.165) is 0 Å². The largest absolute Gasteiger partial charge is 4.00 e. The zero-order chi connectivity index (χ0) is 9.68. The minimum absolute atomic E-state index is 0. The van der Waals surface area contributed by atoms with E-state index in [1.807, 2.05) is 0 Å². The first kappa shape index (κ1) is 30.5. The number of nitrogens with zero attached hydrogens (tertiary/aromatic N) is 1. The van der Waals surface area contributed by atoms with Gasteiger partial charge in [0, 0.05) is 0 Å². The van der Waals surface area contributed by atoms with Gasteiger partial charge in [-0.3, -0.25) is 0 Å². The fraction of sp³-hybridized carbons (Fsp3) is 0. The van der Waals surface area contributed by atoms with E-state index in [-0.39, 0.29) is 58.2 Å². The summed E-state index contributed by atoms with van der Waals surface area (Å²) in [6.07, 6.45) is 0. The molecule has 0 spiro atoms. The van der Waals surface area contributed by atoms with Gasteiger partial charge >= 0.3 is 28.4 Å². The zero-order valence-electron chi connectivity index (χ0n) is 8.90. The molecule has 18 heavy (non-hydrogen) atoms. The number of halogens is 2. The molecule has 0 radical (unpaired) electrons. The first-order valence-electron chi connectivity index (χ1n) is 3.33. The fourth-order valence-corrected chi connectivity index (χ4v) is 0.876. The van der Waals surface area contributed by atoms with Crippen LogP contribution in [0.3, 0.4) is 0 Å². The van der Waals surface area contributed by atoms with E-state index < -0.39 is 7.32 Å². The smallest absolute Gasteiger partial charge is 1.00 e. The van der Waals surface area contributed by atoms with E-state index in [1.165, 1.54) is 5.34 Å². The van der Waals surface area contributed by atoms with E-state index in [0.29, 0.717) is 11.5 Å². The van der Waals surface area contributed by atoms with Crippen molar-refractivity contribution < 1.29 is 65.4 Å². The number of fused-ring (bicyclic) bond motifs is 1. The predicted molar refractivity (Wildman–Crippen MR) is 51.1 cm³/mol. The topological polar surface area (TPSA) is 161 Å². The Bertz CT molecular complexity index is 289. The van der Waals surface area contributed by atoms with Gasteiger partial charge in [0.2, 0.25) is 0 Å². The van der Waals surface area contributed by atoms with Gasteiger partial charge in [-0.15, -0.1) is 4.91 Å². The third-order valence-corrected chi connectivity index (χ3v) is 1.30. The van der Waals surface area contributed by atoms with Crippen molar-refractivity contribution in [2.45, 2.75) is 0 Å². The predicted octanol–water partition coefficient (Wildman–Crippen LogP) is -5.73. The van der Waals surface area contributed by atoms with Crippen molar-refractivity contribution in [2.24, 2.45) is 5.34 Å². The van der Waals surface area contributed by atoms with Gasteiger partial charge in [-0.1, -0.05) is 12.1 Å². The number of rotatable bonds is 0. The fourth-order valence-electron chi connectivity index (χ4n) is 0.876. The molecule has 1 aliphatic heterocycles. The van der Waals surface area contributed by atoms with Crippen LogP contribution in [0.2, 0.25) is 0 Å². The van der Waals surface area contributed by atoms with Crippen molar-refractivity contribution in [3.05, 3.63) is 29.2 Å². The third-order valence-electron chi connectivity index (χ3n) is 1.30. The molecule has 0 unspecified atom stereocenters. The van der Waals surface area contributed by atoms with Crippen LogP contribution >= 0.6 is 0 Å². The molecule has 0 saturated heterocycles. The molecule has 7 N–H and O–H groups in total. The van der Waals surface area contributed by atoms with Crippen molar-refractivity contribution in [1.82, 2.24) is 12.3 Å². The summed E-state index contributed by atoms with van der Waals surface area (Å²) in [6.45, 7) is 0. The molecule has 1 aliphatic rings. The van der Waals surface area contributed by atoms with E-state index in [9.17, 15) is 5.02 Å². The maximum atomic E-state index is 10.5. The van der Waals surface area contributed by atoms with Crippen molar-refractivity contribution in [1.29, 1.82) is 0 Å². The second-order valence-corrected chi connectivity index (χ2v) is 2.05. The SMILES string of the molecule is N.N.O=NO.[Cl-].[Cl-].[O-]B1Oc2ccccc2O1.[Pt+4]. The van der Waals surface area contributed by atoms with Crippen molar-refractivity contribution >= 4 is 7.32 Å². The summed E-state index contributed by atoms with van der Waals surface area (Å²) >= 11 is 0. The number of para-hydroxylation sites is 2. The molecule has 0 fully saturated rings. The van der Waals surface area contributed by atoms with Gasteiger partial charge in [0.15, 0.2) is 5.34 Å². The molecular weight excluding hydrogens is 471 g/mol. The molecule has 0 bridgehead atoms. The summed E-state index contributed by atoms with van der Waals surface area (Å²) in [4.78, 5) is 8.11. The molecule has 1 aromatic rings. The Morgan fingerprint density at radius 2 is 1.39 bits per heavy atom. The van der Waals surface area contributed by atoms with Crippen molar-refractivity contribution in [3.8, 4) is 11.5 Å². The Morgan fingerprint density at radius 3 is 1.67 bits per heavy atom. The minimum atomic E-state index is -1.38. The number of benzene rings is 1. The van der Waals surface area contributed by atoms with Crippen LogP contribution in [0.4, 0.5) is 0 Å². The molecular formula is C6H11BCl2N3O5Pt+. The summed E-state index contributed by atoms with van der Waals surface area (Å²) in [5.41, 5.74) is 0. The van der Waals surface area contributed by atoms with E-state index in [2.05, 4.69) is 0 Å². The molecule has 0 aliphatic carbocycles. The van der Waals surface area contributed by atoms with Crippen LogP contribution in [-0.2, 0) is 21.1 Å². The minimum Gasteiger partial charge on any atom is -1.00 e. The van der Waals surface area contributed by atoms with Crippen LogP contribution in [0, 0.1) is 4.91 Å². The molecule has 0 saturated carbocycles. The van der Waals surface area contributed by atoms with Crippen molar-refractivity contribution in [2.75, 3.05) is 0 Å². The van der Waals surface area contributed by atoms with E-state index in [1.54, 1.807) is 24.3 Å². The Kier molecular flexibility index (Phi) is 27.8. The third kappa shape index (κ3) is 9.46. The Hall–Kier alpha value is -0.567. The van der Waals surface area contributed by atoms with Gasteiger partial charge in [-0.25, -0.2) is 0 Å². The molecule has 106 valence electrons. The summed E-state index contributed by atoms with van der Waals surface area (Å²) in [7, 11) is -1.38. The van der Waals surface area contributed by atoms with Crippen molar-refractivity contribution in [3.63, 3.8) is 0 Å². The van der Waals surface area contributed by atoms with Gasteiger partial charge in [0.05, 0.1) is 0 Å². The van der Waals surface area contributed by atoms with Gasteiger partial charge in [0.1, 0.15) is 11.5 Å². The van der Waals surface area contributed by atoms with Crippen LogP contribution in [0.15, 0.2) is 29.6 Å². The van der Waals surface area contributed by atoms with Gasteiger partial charge in [-0.2, -0.15) is 0 Å². The van der Waals surface area contributed by atoms with Gasteiger partial charge in [-0.05, 0) is 12.1 Å². The maximum absolute atomic E-state index is 10.5. The summed E-state index contributed by atoms with van der Waals surface area (Å²) in [6, 6.07) is 6.99.